The molecule has 126 valence electrons. The van der Waals surface area contributed by atoms with E-state index in [1.54, 1.807) is 24.3 Å². The summed E-state index contributed by atoms with van der Waals surface area (Å²) in [5.41, 5.74) is 2.07. The maximum absolute atomic E-state index is 11.5. The van der Waals surface area contributed by atoms with Gasteiger partial charge in [0.25, 0.3) is 0 Å². The van der Waals surface area contributed by atoms with E-state index < -0.39 is 11.6 Å². The summed E-state index contributed by atoms with van der Waals surface area (Å²) in [6, 6.07) is 12.9. The molecule has 2 N–H and O–H groups in total. The number of carboxylic acid groups (broad SMARTS) is 1. The van der Waals surface area contributed by atoms with Gasteiger partial charge in [0.1, 0.15) is 5.58 Å². The lowest BCUT2D eigenvalue weighted by Gasteiger charge is -2.12. The minimum Gasteiger partial charge on any atom is -0.545 e. The quantitative estimate of drug-likeness (QED) is 0.551. The summed E-state index contributed by atoms with van der Waals surface area (Å²) < 4.78 is 5.19. The average molecular weight is 353 g/mol. The summed E-state index contributed by atoms with van der Waals surface area (Å²) in [7, 11) is 0. The predicted octanol–water partition coefficient (Wildman–Crippen LogP) is 2.27. The van der Waals surface area contributed by atoms with Crippen molar-refractivity contribution >= 4 is 45.6 Å². The van der Waals surface area contributed by atoms with E-state index in [1.165, 1.54) is 18.2 Å². The van der Waals surface area contributed by atoms with Gasteiger partial charge >= 0.3 is 5.63 Å². The lowest BCUT2D eigenvalue weighted by molar-refractivity contribution is -0.255. The molecule has 25 heavy (non-hydrogen) atoms. The van der Waals surface area contributed by atoms with Gasteiger partial charge in [-0.25, -0.2) is 4.79 Å². The number of nitrogens with one attached hydrogen (secondary N) is 2. The number of thiocarbonyl (C=S) groups is 1. The van der Waals surface area contributed by atoms with Crippen molar-refractivity contribution in [3.05, 3.63) is 70.1 Å². The van der Waals surface area contributed by atoms with Crippen LogP contribution in [0.1, 0.15) is 15.9 Å². The minimum atomic E-state index is -1.26. The summed E-state index contributed by atoms with van der Waals surface area (Å²) in [6.07, 6.45) is 0. The Bertz CT molecular complexity index is 1040. The minimum absolute atomic E-state index is 0.0516. The summed E-state index contributed by atoms with van der Waals surface area (Å²) in [5, 5.41) is 17.9. The summed E-state index contributed by atoms with van der Waals surface area (Å²) in [6.45, 7) is 1.84. The fourth-order valence-corrected chi connectivity index (χ4v) is 2.66. The topological polar surface area (TPSA) is 94.4 Å². The van der Waals surface area contributed by atoms with Crippen LogP contribution in [0.4, 0.5) is 11.4 Å². The molecule has 0 amide bonds. The first kappa shape index (κ1) is 16.7. The highest BCUT2D eigenvalue weighted by Gasteiger charge is 2.05. The van der Waals surface area contributed by atoms with Crippen LogP contribution in [0, 0.1) is 6.92 Å². The first-order chi connectivity index (χ1) is 11.9. The number of hydrogen-bond acceptors (Lipinski definition) is 5. The molecule has 3 aromatic rings. The molecule has 6 nitrogen and oxygen atoms in total. The lowest BCUT2D eigenvalue weighted by Crippen LogP contribution is -2.23. The number of aryl methyl sites for hydroxylation is 1. The van der Waals surface area contributed by atoms with E-state index in [9.17, 15) is 14.7 Å². The zero-order chi connectivity index (χ0) is 18.0. The summed E-state index contributed by atoms with van der Waals surface area (Å²) in [5.74, 6) is -1.26. The molecule has 0 unspecified atom stereocenters. The van der Waals surface area contributed by atoms with Crippen molar-refractivity contribution in [3.8, 4) is 0 Å². The van der Waals surface area contributed by atoms with Gasteiger partial charge in [-0.3, -0.25) is 0 Å². The fourth-order valence-electron chi connectivity index (χ4n) is 2.42. The molecular weight excluding hydrogens is 340 g/mol. The second-order valence-corrected chi connectivity index (χ2v) is 5.82. The molecule has 2 aromatic carbocycles. The zero-order valence-electron chi connectivity index (χ0n) is 13.2. The number of aromatic carboxylic acids is 1. The Balaban J connectivity index is 1.79. The SMILES string of the molecule is Cc1cc(=O)oc2cc(NC(=S)Nc3cccc(C(=O)[O-])c3)ccc12. The van der Waals surface area contributed by atoms with Crippen molar-refractivity contribution < 1.29 is 14.3 Å². The Morgan fingerprint density at radius 1 is 1.08 bits per heavy atom. The number of carbonyl (C=O) groups is 1. The van der Waals surface area contributed by atoms with Crippen molar-refractivity contribution in [2.24, 2.45) is 0 Å². The summed E-state index contributed by atoms with van der Waals surface area (Å²) in [4.78, 5) is 22.4. The van der Waals surface area contributed by atoms with Gasteiger partial charge in [-0.05, 0) is 54.5 Å². The second kappa shape index (κ2) is 6.74. The molecule has 0 aliphatic heterocycles. The largest absolute Gasteiger partial charge is 0.545 e. The highest BCUT2D eigenvalue weighted by Crippen LogP contribution is 2.21. The summed E-state index contributed by atoms with van der Waals surface area (Å²) >= 11 is 5.22. The van der Waals surface area contributed by atoms with Crippen molar-refractivity contribution in [3.63, 3.8) is 0 Å². The number of carboxylic acids is 1. The molecule has 0 atom stereocenters. The average Bonchev–Trinajstić information content (AvgIpc) is 2.54. The Labute approximate surface area is 148 Å². The maximum atomic E-state index is 11.5. The van der Waals surface area contributed by atoms with Gasteiger partial charge in [0.05, 0.1) is 5.97 Å². The number of fused-ring (bicyclic) bond motifs is 1. The standard InChI is InChI=1S/C18H14N2O4S/c1-10-7-16(21)24-15-9-13(5-6-14(10)15)20-18(25)19-12-4-2-3-11(8-12)17(22)23/h2-9H,1H3,(H,22,23)(H2,19,20,25)/p-1. The van der Waals surface area contributed by atoms with E-state index in [2.05, 4.69) is 10.6 Å². The van der Waals surface area contributed by atoms with Gasteiger partial charge in [0.15, 0.2) is 5.11 Å². The first-order valence-corrected chi connectivity index (χ1v) is 7.77. The van der Waals surface area contributed by atoms with E-state index >= 15 is 0 Å². The molecule has 3 rings (SSSR count). The molecule has 0 bridgehead atoms. The van der Waals surface area contributed by atoms with Crippen LogP contribution >= 0.6 is 12.2 Å². The van der Waals surface area contributed by atoms with Crippen molar-refractivity contribution in [1.82, 2.24) is 0 Å². The van der Waals surface area contributed by atoms with Crippen LogP contribution < -0.4 is 21.4 Å². The molecule has 0 fully saturated rings. The van der Waals surface area contributed by atoms with Gasteiger partial charge in [-0.15, -0.1) is 0 Å². The zero-order valence-corrected chi connectivity index (χ0v) is 14.0. The van der Waals surface area contributed by atoms with E-state index in [0.29, 0.717) is 17.0 Å². The van der Waals surface area contributed by atoms with E-state index in [-0.39, 0.29) is 10.7 Å². The van der Waals surface area contributed by atoms with Crippen LogP contribution in [0.5, 0.6) is 0 Å². The number of rotatable bonds is 3. The number of anilines is 2. The number of carbonyl (C=O) groups excluding carboxylic acids is 1. The van der Waals surface area contributed by atoms with Crippen molar-refractivity contribution in [1.29, 1.82) is 0 Å². The van der Waals surface area contributed by atoms with Gasteiger partial charge in [0, 0.05) is 28.9 Å². The predicted molar refractivity (Wildman–Crippen MR) is 97.8 cm³/mol. The lowest BCUT2D eigenvalue weighted by atomic mass is 10.1. The van der Waals surface area contributed by atoms with Crippen LogP contribution in [-0.4, -0.2) is 11.1 Å². The van der Waals surface area contributed by atoms with Crippen LogP contribution in [0.2, 0.25) is 0 Å². The second-order valence-electron chi connectivity index (χ2n) is 5.41. The monoisotopic (exact) mass is 353 g/mol. The molecule has 1 aromatic heterocycles. The molecule has 0 spiro atoms. The highest BCUT2D eigenvalue weighted by atomic mass is 32.1. The van der Waals surface area contributed by atoms with Crippen LogP contribution in [-0.2, 0) is 0 Å². The molecule has 0 radical (unpaired) electrons. The van der Waals surface area contributed by atoms with Crippen LogP contribution in [0.25, 0.3) is 11.0 Å². The maximum Gasteiger partial charge on any atom is 0.336 e. The molecule has 0 saturated carbocycles. The van der Waals surface area contributed by atoms with E-state index in [1.807, 2.05) is 13.0 Å². The van der Waals surface area contributed by atoms with Gasteiger partial charge in [-0.2, -0.15) is 0 Å². The van der Waals surface area contributed by atoms with E-state index in [4.69, 9.17) is 16.6 Å². The third-order valence-corrected chi connectivity index (χ3v) is 3.77. The Morgan fingerprint density at radius 3 is 2.52 bits per heavy atom. The molecule has 0 aliphatic carbocycles. The Kier molecular flexibility index (Phi) is 4.49. The normalized spacial score (nSPS) is 10.4. The third-order valence-electron chi connectivity index (χ3n) is 3.57. The van der Waals surface area contributed by atoms with Crippen molar-refractivity contribution in [2.75, 3.05) is 10.6 Å². The number of benzene rings is 2. The molecule has 0 saturated heterocycles. The molecular formula is C18H13N2O4S-. The van der Waals surface area contributed by atoms with Crippen LogP contribution in [0.15, 0.2) is 57.7 Å². The van der Waals surface area contributed by atoms with Gasteiger partial charge < -0.3 is 25.0 Å². The van der Waals surface area contributed by atoms with E-state index in [0.717, 1.165) is 10.9 Å². The Hall–Kier alpha value is -3.19. The molecule has 7 heteroatoms. The van der Waals surface area contributed by atoms with Gasteiger partial charge in [-0.1, -0.05) is 12.1 Å². The fraction of sp³-hybridized carbons (Fsp3) is 0.0556. The molecule has 1 heterocycles. The smallest absolute Gasteiger partial charge is 0.336 e. The Morgan fingerprint density at radius 2 is 1.80 bits per heavy atom. The third kappa shape index (κ3) is 3.84. The van der Waals surface area contributed by atoms with Gasteiger partial charge in [0.2, 0.25) is 0 Å². The number of hydrogen-bond donors (Lipinski definition) is 2. The molecule has 0 aliphatic rings. The highest BCUT2D eigenvalue weighted by molar-refractivity contribution is 7.80. The van der Waals surface area contributed by atoms with Crippen LogP contribution in [0.3, 0.4) is 0 Å². The van der Waals surface area contributed by atoms with Crippen molar-refractivity contribution in [2.45, 2.75) is 6.92 Å². The first-order valence-electron chi connectivity index (χ1n) is 7.36.